The number of amides is 1. The van der Waals surface area contributed by atoms with Crippen LogP contribution in [0.4, 0.5) is 5.82 Å². The van der Waals surface area contributed by atoms with E-state index in [2.05, 4.69) is 53.5 Å². The van der Waals surface area contributed by atoms with E-state index >= 15 is 0 Å². The molecule has 190 valence electrons. The Balaban J connectivity index is 1.27. The largest absolute Gasteiger partial charge is 0.358 e. The molecule has 0 spiro atoms. The maximum Gasteiger partial charge on any atom is 0.229 e. The molecule has 2 aromatic heterocycles. The summed E-state index contributed by atoms with van der Waals surface area (Å²) >= 11 is 0. The van der Waals surface area contributed by atoms with Gasteiger partial charge in [0, 0.05) is 18.1 Å². The Bertz CT molecular complexity index is 1130. The van der Waals surface area contributed by atoms with Crippen molar-refractivity contribution >= 4 is 11.7 Å². The first-order valence-electron chi connectivity index (χ1n) is 12.9. The number of carbonyl (C=O) groups is 1. The van der Waals surface area contributed by atoms with Gasteiger partial charge in [0.15, 0.2) is 0 Å². The number of hydrogen-bond donors (Lipinski definition) is 2. The monoisotopic (exact) mass is 486 g/mol. The van der Waals surface area contributed by atoms with Gasteiger partial charge < -0.3 is 10.1 Å². The van der Waals surface area contributed by atoms with Crippen LogP contribution in [-0.2, 0) is 16.0 Å². The number of rotatable bonds is 6. The fraction of sp³-hybridized carbons (Fsp3) is 0.433. The summed E-state index contributed by atoms with van der Waals surface area (Å²) in [6.07, 6.45) is 8.45. The Morgan fingerprint density at radius 1 is 1.03 bits per heavy atom. The fourth-order valence-corrected chi connectivity index (χ4v) is 4.71. The molecule has 1 aliphatic heterocycles. The Hall–Kier alpha value is -3.09. The van der Waals surface area contributed by atoms with Crippen molar-refractivity contribution in [3.8, 4) is 11.1 Å². The van der Waals surface area contributed by atoms with Crippen molar-refractivity contribution in [2.45, 2.75) is 77.5 Å². The molecule has 1 amide bonds. The third-order valence-corrected chi connectivity index (χ3v) is 6.45. The third kappa shape index (κ3) is 7.70. The van der Waals surface area contributed by atoms with Crippen molar-refractivity contribution in [2.24, 2.45) is 0 Å². The smallest absolute Gasteiger partial charge is 0.229 e. The minimum atomic E-state index is -0.136. The highest BCUT2D eigenvalue weighted by Crippen LogP contribution is 2.28. The molecule has 4 rings (SSSR count). The Labute approximate surface area is 214 Å². The van der Waals surface area contributed by atoms with Gasteiger partial charge in [-0.2, -0.15) is 0 Å². The van der Waals surface area contributed by atoms with Crippen molar-refractivity contribution in [1.82, 2.24) is 15.3 Å². The van der Waals surface area contributed by atoms with Crippen LogP contribution in [0.2, 0.25) is 0 Å². The molecular formula is C30H38N4O2. The number of nitrogens with one attached hydrogen (secondary N) is 2. The van der Waals surface area contributed by atoms with Crippen molar-refractivity contribution in [2.75, 3.05) is 11.9 Å². The number of carbonyl (C=O) groups excluding carboxylic acids is 1. The van der Waals surface area contributed by atoms with Gasteiger partial charge in [0.25, 0.3) is 0 Å². The number of hydrogen-bond acceptors (Lipinski definition) is 5. The molecular weight excluding hydrogens is 448 g/mol. The van der Waals surface area contributed by atoms with Crippen molar-refractivity contribution in [3.63, 3.8) is 0 Å². The third-order valence-electron chi connectivity index (χ3n) is 6.45. The van der Waals surface area contributed by atoms with Gasteiger partial charge in [-0.25, -0.2) is 4.98 Å². The SMILES string of the molecule is Cc1cc(-c2ccc(CC(=O)Nc3ccc(C4CCCC(OC(C)(C)C)NCC4)cn3)cc2)ccn1. The molecule has 1 saturated heterocycles. The van der Waals surface area contributed by atoms with Crippen LogP contribution in [0.3, 0.4) is 0 Å². The molecule has 6 nitrogen and oxygen atoms in total. The van der Waals surface area contributed by atoms with Crippen molar-refractivity contribution < 1.29 is 9.53 Å². The van der Waals surface area contributed by atoms with E-state index in [-0.39, 0.29) is 17.7 Å². The average Bonchev–Trinajstić information content (AvgIpc) is 2.81. The summed E-state index contributed by atoms with van der Waals surface area (Å²) in [5.41, 5.74) is 5.29. The summed E-state index contributed by atoms with van der Waals surface area (Å²) in [7, 11) is 0. The van der Waals surface area contributed by atoms with E-state index < -0.39 is 0 Å². The summed E-state index contributed by atoms with van der Waals surface area (Å²) in [5, 5.41) is 6.49. The molecule has 1 fully saturated rings. The molecule has 36 heavy (non-hydrogen) atoms. The minimum Gasteiger partial charge on any atom is -0.358 e. The standard InChI is InChI=1S/C30H38N4O2/c1-21-18-25(15-16-31-21)24-10-8-22(9-11-24)19-28(35)34-27-13-12-26(20-33-27)23-6-5-7-29(32-17-14-23)36-30(2,3)4/h8-13,15-16,18,20,23,29,32H,5-7,14,17,19H2,1-4H3,(H,33,34,35). The molecule has 3 aromatic rings. The minimum absolute atomic E-state index is 0.0669. The van der Waals surface area contributed by atoms with Crippen LogP contribution in [0.5, 0.6) is 0 Å². The van der Waals surface area contributed by atoms with Gasteiger partial charge >= 0.3 is 0 Å². The number of nitrogens with zero attached hydrogens (tertiary/aromatic N) is 2. The normalized spacial score (nSPS) is 18.8. The van der Waals surface area contributed by atoms with Crippen LogP contribution < -0.4 is 10.6 Å². The lowest BCUT2D eigenvalue weighted by molar-refractivity contribution is -0.115. The zero-order valence-electron chi connectivity index (χ0n) is 21.9. The number of benzene rings is 1. The summed E-state index contributed by atoms with van der Waals surface area (Å²) in [4.78, 5) is 21.4. The molecule has 1 aliphatic rings. The van der Waals surface area contributed by atoms with Gasteiger partial charge in [-0.1, -0.05) is 30.3 Å². The second kappa shape index (κ2) is 11.8. The lowest BCUT2D eigenvalue weighted by Gasteiger charge is -2.31. The Morgan fingerprint density at radius 3 is 2.53 bits per heavy atom. The van der Waals surface area contributed by atoms with Gasteiger partial charge in [-0.3, -0.25) is 15.1 Å². The predicted octanol–water partition coefficient (Wildman–Crippen LogP) is 6.02. The van der Waals surface area contributed by atoms with E-state index in [4.69, 9.17) is 4.74 Å². The number of aromatic nitrogens is 2. The molecule has 2 atom stereocenters. The second-order valence-electron chi connectivity index (χ2n) is 10.7. The van der Waals surface area contributed by atoms with E-state index in [0.717, 1.165) is 54.6 Å². The maximum absolute atomic E-state index is 12.6. The summed E-state index contributed by atoms with van der Waals surface area (Å²) in [6, 6.07) is 16.2. The first kappa shape index (κ1) is 26.0. The maximum atomic E-state index is 12.6. The number of ether oxygens (including phenoxy) is 1. The average molecular weight is 487 g/mol. The predicted molar refractivity (Wildman–Crippen MR) is 145 cm³/mol. The molecule has 2 N–H and O–H groups in total. The highest BCUT2D eigenvalue weighted by atomic mass is 16.5. The molecule has 0 radical (unpaired) electrons. The quantitative estimate of drug-likeness (QED) is 0.445. The second-order valence-corrected chi connectivity index (χ2v) is 10.7. The zero-order valence-corrected chi connectivity index (χ0v) is 21.9. The summed E-state index contributed by atoms with van der Waals surface area (Å²) in [5.74, 6) is 0.992. The highest BCUT2D eigenvalue weighted by molar-refractivity contribution is 5.91. The highest BCUT2D eigenvalue weighted by Gasteiger charge is 2.22. The number of anilines is 1. The molecule has 3 heterocycles. The Kier molecular flexibility index (Phi) is 8.49. The molecule has 1 aromatic carbocycles. The van der Waals surface area contributed by atoms with E-state index in [1.54, 1.807) is 0 Å². The van der Waals surface area contributed by atoms with E-state index in [1.165, 1.54) is 5.56 Å². The number of pyridine rings is 2. The van der Waals surface area contributed by atoms with Gasteiger partial charge in [0.2, 0.25) is 5.91 Å². The van der Waals surface area contributed by atoms with Crippen LogP contribution in [0.1, 0.15) is 69.2 Å². The lowest BCUT2D eigenvalue weighted by Crippen LogP contribution is -2.40. The molecule has 6 heteroatoms. The van der Waals surface area contributed by atoms with E-state index in [9.17, 15) is 4.79 Å². The van der Waals surface area contributed by atoms with Crippen molar-refractivity contribution in [1.29, 1.82) is 0 Å². The Morgan fingerprint density at radius 2 is 1.83 bits per heavy atom. The van der Waals surface area contributed by atoms with Crippen LogP contribution in [-0.4, -0.2) is 34.2 Å². The van der Waals surface area contributed by atoms with Gasteiger partial charge in [-0.05, 0) is 106 Å². The van der Waals surface area contributed by atoms with Gasteiger partial charge in [0.05, 0.1) is 12.0 Å². The molecule has 0 saturated carbocycles. The van der Waals surface area contributed by atoms with Crippen LogP contribution in [0.25, 0.3) is 11.1 Å². The van der Waals surface area contributed by atoms with Crippen LogP contribution in [0.15, 0.2) is 60.9 Å². The topological polar surface area (TPSA) is 76.1 Å². The van der Waals surface area contributed by atoms with Gasteiger partial charge in [-0.15, -0.1) is 0 Å². The fourth-order valence-electron chi connectivity index (χ4n) is 4.71. The van der Waals surface area contributed by atoms with Gasteiger partial charge in [0.1, 0.15) is 12.0 Å². The van der Waals surface area contributed by atoms with E-state index in [0.29, 0.717) is 18.2 Å². The molecule has 0 bridgehead atoms. The lowest BCUT2D eigenvalue weighted by atomic mass is 9.90. The van der Waals surface area contributed by atoms with Crippen LogP contribution >= 0.6 is 0 Å². The summed E-state index contributed by atoms with van der Waals surface area (Å²) in [6.45, 7) is 9.20. The molecule has 0 aliphatic carbocycles. The molecule has 2 unspecified atom stereocenters. The van der Waals surface area contributed by atoms with Crippen molar-refractivity contribution in [3.05, 3.63) is 77.7 Å². The zero-order chi connectivity index (χ0) is 25.5. The number of aryl methyl sites for hydroxylation is 1. The van der Waals surface area contributed by atoms with Crippen LogP contribution in [0, 0.1) is 6.92 Å². The van der Waals surface area contributed by atoms with E-state index in [1.807, 2.05) is 55.7 Å². The summed E-state index contributed by atoms with van der Waals surface area (Å²) < 4.78 is 6.11. The first-order chi connectivity index (χ1) is 17.2. The first-order valence-corrected chi connectivity index (χ1v) is 12.9.